The van der Waals surface area contributed by atoms with Crippen LogP contribution in [0.4, 0.5) is 15.4 Å². The Labute approximate surface area is 246 Å². The Hall–Kier alpha value is -4.06. The second kappa shape index (κ2) is 18.5. The molecule has 0 saturated carbocycles. The number of nitrogens with two attached hydrogens (primary N) is 1. The van der Waals surface area contributed by atoms with E-state index in [2.05, 4.69) is 15.0 Å². The van der Waals surface area contributed by atoms with Crippen molar-refractivity contribution in [3.05, 3.63) is 12.7 Å². The second-order valence-electron chi connectivity index (χ2n) is 8.95. The highest BCUT2D eigenvalue weighted by Crippen LogP contribution is 2.48. The van der Waals surface area contributed by atoms with Crippen LogP contribution < -0.4 is 5.73 Å². The lowest BCUT2D eigenvalue weighted by atomic mass is 10.3. The topological polar surface area (TPSA) is 260 Å². The van der Waals surface area contributed by atoms with E-state index in [1.54, 1.807) is 39.2 Å². The number of nitrogens with zero attached hydrogens (tertiary/aromatic N) is 4. The highest BCUT2D eigenvalue weighted by atomic mass is 31.2. The third kappa shape index (κ3) is 15.7. The lowest BCUT2D eigenvalue weighted by Gasteiger charge is -2.21. The molecule has 2 aromatic rings. The van der Waals surface area contributed by atoms with Gasteiger partial charge < -0.3 is 44.2 Å². The van der Waals surface area contributed by atoms with Crippen molar-refractivity contribution in [1.82, 2.24) is 19.5 Å². The first-order chi connectivity index (χ1) is 20.1. The molecule has 0 aliphatic carbocycles. The van der Waals surface area contributed by atoms with Gasteiger partial charge in [-0.1, -0.05) is 0 Å². The number of imidazole rings is 1. The summed E-state index contributed by atoms with van der Waals surface area (Å²) in [6.07, 6.45) is -1.73. The first-order valence-corrected chi connectivity index (χ1v) is 14.4. The fourth-order valence-corrected chi connectivity index (χ4v) is 3.76. The van der Waals surface area contributed by atoms with Gasteiger partial charge in [-0.3, -0.25) is 23.2 Å². The first-order valence-electron chi connectivity index (χ1n) is 12.6. The van der Waals surface area contributed by atoms with Crippen LogP contribution in [0.1, 0.15) is 47.5 Å². The molecular weight excluding hydrogens is 601 g/mol. The quantitative estimate of drug-likeness (QED) is 0.136. The number of ether oxygens (including phenoxy) is 5. The van der Waals surface area contributed by atoms with Crippen LogP contribution in [0.2, 0.25) is 0 Å². The molecule has 2 heterocycles. The van der Waals surface area contributed by atoms with Crippen LogP contribution in [0.15, 0.2) is 12.7 Å². The predicted octanol–water partition coefficient (Wildman–Crippen LogP) is 2.97. The van der Waals surface area contributed by atoms with Crippen molar-refractivity contribution in [3.8, 4) is 0 Å². The van der Waals surface area contributed by atoms with E-state index in [1.807, 2.05) is 0 Å². The zero-order valence-corrected chi connectivity index (χ0v) is 25.1. The van der Waals surface area contributed by atoms with Gasteiger partial charge in [-0.25, -0.2) is 24.5 Å². The number of carboxylic acid groups (broad SMARTS) is 2. The minimum absolute atomic E-state index is 0.237. The summed E-state index contributed by atoms with van der Waals surface area (Å²) < 4.78 is 49.7. The van der Waals surface area contributed by atoms with Gasteiger partial charge in [0.05, 0.1) is 44.0 Å². The SMILES string of the molecule is CC(C)OC(=O)OCOP(=O)(CO[C@H](C)Cn1cnc2c(N)ncnc21)OCOC(=O)OC(C)C.O=C(O)CCC(=O)O. The van der Waals surface area contributed by atoms with E-state index in [9.17, 15) is 23.7 Å². The van der Waals surface area contributed by atoms with E-state index >= 15 is 0 Å². The van der Waals surface area contributed by atoms with Crippen LogP contribution in [0.3, 0.4) is 0 Å². The summed E-state index contributed by atoms with van der Waals surface area (Å²) in [5, 5.41) is 15.8. The van der Waals surface area contributed by atoms with Gasteiger partial charge in [0.2, 0.25) is 13.6 Å². The summed E-state index contributed by atoms with van der Waals surface area (Å²) >= 11 is 0. The van der Waals surface area contributed by atoms with Gasteiger partial charge in [-0.15, -0.1) is 0 Å². The molecule has 1 atom stereocenters. The fraction of sp³-hybridized carbons (Fsp3) is 0.609. The Morgan fingerprint density at radius 2 is 1.40 bits per heavy atom. The maximum atomic E-state index is 13.1. The van der Waals surface area contributed by atoms with Crippen molar-refractivity contribution in [2.45, 2.75) is 72.3 Å². The predicted molar refractivity (Wildman–Crippen MR) is 145 cm³/mol. The summed E-state index contributed by atoms with van der Waals surface area (Å²) in [5.74, 6) is -1.92. The normalized spacial score (nSPS) is 11.9. The van der Waals surface area contributed by atoms with Gasteiger partial charge in [0.25, 0.3) is 0 Å². The number of hydrogen-bond acceptors (Lipinski definition) is 16. The Morgan fingerprint density at radius 1 is 0.884 bits per heavy atom. The van der Waals surface area contributed by atoms with E-state index in [0.29, 0.717) is 11.2 Å². The van der Waals surface area contributed by atoms with Gasteiger partial charge in [-0.2, -0.15) is 0 Å². The highest BCUT2D eigenvalue weighted by Gasteiger charge is 2.29. The minimum atomic E-state index is -4.06. The minimum Gasteiger partial charge on any atom is -0.481 e. The number of carboxylic acids is 2. The molecule has 0 bridgehead atoms. The van der Waals surface area contributed by atoms with Crippen LogP contribution in [0.25, 0.3) is 11.2 Å². The van der Waals surface area contributed by atoms with Gasteiger partial charge >= 0.3 is 31.8 Å². The van der Waals surface area contributed by atoms with E-state index < -0.39 is 70.1 Å². The average Bonchev–Trinajstić information content (AvgIpc) is 3.30. The molecule has 2 aromatic heterocycles. The van der Waals surface area contributed by atoms with Gasteiger partial charge in [0, 0.05) is 0 Å². The molecule has 2 rings (SSSR count). The molecule has 0 saturated heterocycles. The lowest BCUT2D eigenvalue weighted by molar-refractivity contribution is -0.143. The van der Waals surface area contributed by atoms with Crippen LogP contribution in [-0.2, 0) is 53.4 Å². The zero-order chi connectivity index (χ0) is 32.6. The largest absolute Gasteiger partial charge is 0.510 e. The number of carbonyl (C=O) groups excluding carboxylic acids is 2. The van der Waals surface area contributed by atoms with Crippen molar-refractivity contribution in [3.63, 3.8) is 0 Å². The molecule has 0 spiro atoms. The summed E-state index contributed by atoms with van der Waals surface area (Å²) in [5.41, 5.74) is 6.72. The third-order valence-electron chi connectivity index (χ3n) is 4.47. The number of hydrogen-bond donors (Lipinski definition) is 3. The van der Waals surface area contributed by atoms with Gasteiger partial charge in [-0.05, 0) is 34.6 Å². The molecule has 43 heavy (non-hydrogen) atoms. The monoisotopic (exact) mass is 637 g/mol. The molecule has 19 nitrogen and oxygen atoms in total. The Morgan fingerprint density at radius 3 is 1.86 bits per heavy atom. The molecule has 0 radical (unpaired) electrons. The van der Waals surface area contributed by atoms with E-state index in [1.165, 1.54) is 12.7 Å². The first kappa shape index (κ1) is 37.0. The molecule has 0 aliphatic rings. The number of anilines is 1. The third-order valence-corrected chi connectivity index (χ3v) is 5.93. The van der Waals surface area contributed by atoms with Gasteiger partial charge in [0.15, 0.2) is 11.5 Å². The van der Waals surface area contributed by atoms with Crippen molar-refractivity contribution in [2.24, 2.45) is 0 Å². The van der Waals surface area contributed by atoms with Crippen LogP contribution in [0, 0.1) is 0 Å². The molecule has 0 unspecified atom stereocenters. The molecule has 242 valence electrons. The Bertz CT molecular complexity index is 1210. The van der Waals surface area contributed by atoms with Crippen LogP contribution in [0.5, 0.6) is 0 Å². The van der Waals surface area contributed by atoms with Crippen molar-refractivity contribution in [2.75, 3.05) is 25.7 Å². The number of rotatable bonds is 16. The summed E-state index contributed by atoms with van der Waals surface area (Å²) in [4.78, 5) is 54.5. The number of aliphatic carboxylic acids is 2. The molecule has 0 amide bonds. The van der Waals surface area contributed by atoms with Gasteiger partial charge in [0.1, 0.15) is 18.2 Å². The molecule has 0 aromatic carbocycles. The smallest absolute Gasteiger partial charge is 0.481 e. The lowest BCUT2D eigenvalue weighted by Crippen LogP contribution is -2.20. The fourth-order valence-electron chi connectivity index (χ4n) is 2.67. The highest BCUT2D eigenvalue weighted by molar-refractivity contribution is 7.53. The Balaban J connectivity index is 0.00000101. The molecular formula is C23H36N5O14P. The maximum Gasteiger partial charge on any atom is 0.510 e. The number of fused-ring (bicyclic) bond motifs is 1. The van der Waals surface area contributed by atoms with Crippen molar-refractivity contribution in [1.29, 1.82) is 0 Å². The number of aromatic nitrogens is 4. The summed E-state index contributed by atoms with van der Waals surface area (Å²) in [6.45, 7) is 6.98. The summed E-state index contributed by atoms with van der Waals surface area (Å²) in [6, 6.07) is 0. The summed E-state index contributed by atoms with van der Waals surface area (Å²) in [7, 11) is -4.06. The zero-order valence-electron chi connectivity index (χ0n) is 24.2. The average molecular weight is 638 g/mol. The van der Waals surface area contributed by atoms with Crippen molar-refractivity contribution >= 4 is 48.8 Å². The molecule has 0 aliphatic heterocycles. The molecule has 4 N–H and O–H groups in total. The Kier molecular flexibility index (Phi) is 15.9. The van der Waals surface area contributed by atoms with Crippen LogP contribution >= 0.6 is 7.60 Å². The maximum absolute atomic E-state index is 13.1. The number of nitrogen functional groups attached to an aromatic ring is 1. The molecule has 20 heteroatoms. The standard InChI is InChI=1S/C19H30N5O10P.C4H6O4/c1-12(2)33-18(25)28-9-31-35(27,32-10-29-19(26)34-13(3)4)11-30-14(5)6-24-8-23-15-16(20)21-7-22-17(15)24;5-3(6)1-2-4(7)8/h7-8,12-14H,6,9-11H2,1-5H3,(H2,20,21,22);1-2H2,(H,5,6)(H,7,8)/t14-;/m1./s1. The number of carbonyl (C=O) groups is 4. The molecule has 0 fully saturated rings. The van der Waals surface area contributed by atoms with Crippen LogP contribution in [-0.4, -0.2) is 92.2 Å². The van der Waals surface area contributed by atoms with E-state index in [-0.39, 0.29) is 25.2 Å². The van der Waals surface area contributed by atoms with E-state index in [4.69, 9.17) is 48.7 Å². The van der Waals surface area contributed by atoms with E-state index in [0.717, 1.165) is 0 Å². The second-order valence-corrected chi connectivity index (χ2v) is 10.9. The van der Waals surface area contributed by atoms with Crippen molar-refractivity contribution < 1.29 is 66.7 Å².